The van der Waals surface area contributed by atoms with Crippen molar-refractivity contribution in [3.05, 3.63) is 43.0 Å². The molecule has 27 heavy (non-hydrogen) atoms. The first kappa shape index (κ1) is 16.4. The molecule has 2 aliphatic rings. The molecule has 0 saturated carbocycles. The average Bonchev–Trinajstić information content (AvgIpc) is 3.10. The van der Waals surface area contributed by atoms with Crippen molar-refractivity contribution in [1.29, 1.82) is 0 Å². The molecule has 0 amide bonds. The minimum atomic E-state index is -1.04. The number of fused-ring (bicyclic) bond motifs is 3. The largest absolute Gasteiger partial charge is 0.507 e. The fourth-order valence-electron chi connectivity index (χ4n) is 4.07. The standard InChI is InChI=1S/C20H19FN4O2/c21-20-15-2-1-13(25-15)7-18(20)27-19-10-23-16(9-24-19)14-5-11-3-4-22-8-12(11)6-17(14)26/h3-6,8-10,13,15,18,20,25-26H,1-2,7H2/t13?,15?,18-,20+/m0/s1. The number of phenolic OH excluding ortho intramolecular Hbond substituents is 1. The minimum Gasteiger partial charge on any atom is -0.507 e. The molecule has 4 heterocycles. The Morgan fingerprint density at radius 2 is 2.04 bits per heavy atom. The van der Waals surface area contributed by atoms with Crippen LogP contribution in [0.5, 0.6) is 11.6 Å². The van der Waals surface area contributed by atoms with E-state index >= 15 is 0 Å². The van der Waals surface area contributed by atoms with Crippen molar-refractivity contribution in [2.75, 3.05) is 0 Å². The van der Waals surface area contributed by atoms with Gasteiger partial charge < -0.3 is 15.2 Å². The third-order valence-corrected chi connectivity index (χ3v) is 5.46. The van der Waals surface area contributed by atoms with Gasteiger partial charge >= 0.3 is 0 Å². The van der Waals surface area contributed by atoms with Crippen LogP contribution in [0.25, 0.3) is 22.0 Å². The van der Waals surface area contributed by atoms with E-state index < -0.39 is 12.3 Å². The van der Waals surface area contributed by atoms with Crippen LogP contribution in [0.15, 0.2) is 43.0 Å². The number of phenols is 1. The lowest BCUT2D eigenvalue weighted by Gasteiger charge is -2.32. The highest BCUT2D eigenvalue weighted by Crippen LogP contribution is 2.33. The smallest absolute Gasteiger partial charge is 0.232 e. The molecule has 2 fully saturated rings. The molecule has 2 unspecified atom stereocenters. The Morgan fingerprint density at radius 3 is 2.89 bits per heavy atom. The van der Waals surface area contributed by atoms with Crippen molar-refractivity contribution in [2.24, 2.45) is 0 Å². The zero-order valence-corrected chi connectivity index (χ0v) is 14.5. The Bertz CT molecular complexity index is 981. The molecule has 3 aromatic rings. The van der Waals surface area contributed by atoms with E-state index in [4.69, 9.17) is 4.74 Å². The van der Waals surface area contributed by atoms with E-state index in [0.29, 0.717) is 29.6 Å². The lowest BCUT2D eigenvalue weighted by atomic mass is 10.0. The molecule has 6 nitrogen and oxygen atoms in total. The summed E-state index contributed by atoms with van der Waals surface area (Å²) in [5.74, 6) is 0.411. The number of halogens is 1. The van der Waals surface area contributed by atoms with Crippen molar-refractivity contribution in [2.45, 2.75) is 43.6 Å². The SMILES string of the molecule is Oc1cc2cnccc2cc1-c1cnc(O[C@H]2CC3CCC(N3)[C@H]2F)cn1. The quantitative estimate of drug-likeness (QED) is 0.742. The van der Waals surface area contributed by atoms with E-state index in [0.717, 1.165) is 23.6 Å². The molecule has 5 rings (SSSR count). The van der Waals surface area contributed by atoms with Gasteiger partial charge in [-0.15, -0.1) is 0 Å². The van der Waals surface area contributed by atoms with Gasteiger partial charge in [-0.2, -0.15) is 0 Å². The van der Waals surface area contributed by atoms with Gasteiger partial charge in [0.05, 0.1) is 18.1 Å². The summed E-state index contributed by atoms with van der Waals surface area (Å²) >= 11 is 0. The number of piperidine rings is 1. The van der Waals surface area contributed by atoms with Crippen LogP contribution in [-0.2, 0) is 0 Å². The van der Waals surface area contributed by atoms with E-state index in [1.807, 2.05) is 12.1 Å². The molecule has 2 aliphatic heterocycles. The van der Waals surface area contributed by atoms with Gasteiger partial charge in [-0.05, 0) is 36.4 Å². The summed E-state index contributed by atoms with van der Waals surface area (Å²) in [6.45, 7) is 0. The monoisotopic (exact) mass is 366 g/mol. The van der Waals surface area contributed by atoms with Gasteiger partial charge in [-0.1, -0.05) is 0 Å². The van der Waals surface area contributed by atoms with Crippen molar-refractivity contribution in [1.82, 2.24) is 20.3 Å². The number of aromatic nitrogens is 3. The Labute approximate surface area is 155 Å². The maximum absolute atomic E-state index is 14.5. The van der Waals surface area contributed by atoms with E-state index in [9.17, 15) is 9.50 Å². The number of hydrogen-bond donors (Lipinski definition) is 2. The highest BCUT2D eigenvalue weighted by atomic mass is 19.1. The van der Waals surface area contributed by atoms with Gasteiger partial charge in [0.1, 0.15) is 11.9 Å². The second kappa shape index (κ2) is 6.42. The molecule has 0 spiro atoms. The first-order chi connectivity index (χ1) is 13.2. The second-order valence-electron chi connectivity index (χ2n) is 7.22. The Balaban J connectivity index is 1.38. The summed E-state index contributed by atoms with van der Waals surface area (Å²) in [7, 11) is 0. The summed E-state index contributed by atoms with van der Waals surface area (Å²) in [5, 5.41) is 15.4. The number of nitrogens with one attached hydrogen (secondary N) is 1. The molecule has 2 bridgehead atoms. The molecular weight excluding hydrogens is 347 g/mol. The predicted octanol–water partition coefficient (Wildman–Crippen LogP) is 3.01. The minimum absolute atomic E-state index is 0.109. The highest BCUT2D eigenvalue weighted by molar-refractivity contribution is 5.89. The van der Waals surface area contributed by atoms with Gasteiger partial charge in [-0.3, -0.25) is 4.98 Å². The number of alkyl halides is 1. The number of hydrogen-bond acceptors (Lipinski definition) is 6. The molecule has 0 radical (unpaired) electrons. The van der Waals surface area contributed by atoms with Crippen LogP contribution in [0, 0.1) is 0 Å². The lowest BCUT2D eigenvalue weighted by Crippen LogP contribution is -2.51. The Hall–Kier alpha value is -2.80. The van der Waals surface area contributed by atoms with Crippen LogP contribution in [0.4, 0.5) is 4.39 Å². The number of aromatic hydroxyl groups is 1. The van der Waals surface area contributed by atoms with Crippen LogP contribution in [-0.4, -0.2) is 44.4 Å². The zero-order chi connectivity index (χ0) is 18.4. The van der Waals surface area contributed by atoms with E-state index in [1.54, 1.807) is 24.7 Å². The zero-order valence-electron chi connectivity index (χ0n) is 14.5. The Kier molecular flexibility index (Phi) is 3.89. The normalized spacial score (nSPS) is 27.0. The molecular formula is C20H19FN4O2. The number of rotatable bonds is 3. The van der Waals surface area contributed by atoms with Crippen molar-refractivity contribution >= 4 is 10.8 Å². The van der Waals surface area contributed by atoms with Crippen LogP contribution in [0.2, 0.25) is 0 Å². The summed E-state index contributed by atoms with van der Waals surface area (Å²) in [6, 6.07) is 5.57. The number of pyridine rings is 1. The number of nitrogens with zero attached hydrogens (tertiary/aromatic N) is 3. The van der Waals surface area contributed by atoms with Gasteiger partial charge in [0.25, 0.3) is 0 Å². The maximum Gasteiger partial charge on any atom is 0.232 e. The number of ether oxygens (including phenoxy) is 1. The van der Waals surface area contributed by atoms with Gasteiger partial charge in [0, 0.05) is 41.8 Å². The lowest BCUT2D eigenvalue weighted by molar-refractivity contribution is 0.0425. The molecule has 2 aromatic heterocycles. The van der Waals surface area contributed by atoms with E-state index in [-0.39, 0.29) is 11.8 Å². The van der Waals surface area contributed by atoms with Gasteiger partial charge in [0.15, 0.2) is 6.17 Å². The molecule has 138 valence electrons. The van der Waals surface area contributed by atoms with Crippen LogP contribution >= 0.6 is 0 Å². The van der Waals surface area contributed by atoms with Crippen molar-refractivity contribution in [3.63, 3.8) is 0 Å². The third-order valence-electron chi connectivity index (χ3n) is 5.46. The summed E-state index contributed by atoms with van der Waals surface area (Å²) in [6.07, 6.45) is 7.38. The van der Waals surface area contributed by atoms with Crippen LogP contribution < -0.4 is 10.1 Å². The van der Waals surface area contributed by atoms with E-state index in [1.165, 1.54) is 6.20 Å². The summed E-state index contributed by atoms with van der Waals surface area (Å²) < 4.78 is 20.3. The first-order valence-corrected chi connectivity index (χ1v) is 9.13. The van der Waals surface area contributed by atoms with Crippen molar-refractivity contribution in [3.8, 4) is 22.9 Å². The first-order valence-electron chi connectivity index (χ1n) is 9.13. The van der Waals surface area contributed by atoms with Crippen molar-refractivity contribution < 1.29 is 14.2 Å². The predicted molar refractivity (Wildman–Crippen MR) is 98.3 cm³/mol. The molecule has 7 heteroatoms. The second-order valence-corrected chi connectivity index (χ2v) is 7.22. The fourth-order valence-corrected chi connectivity index (χ4v) is 4.07. The van der Waals surface area contributed by atoms with Crippen LogP contribution in [0.3, 0.4) is 0 Å². The maximum atomic E-state index is 14.5. The molecule has 1 aromatic carbocycles. The van der Waals surface area contributed by atoms with Gasteiger partial charge in [-0.25, -0.2) is 14.4 Å². The molecule has 2 N–H and O–H groups in total. The molecule has 2 saturated heterocycles. The molecule has 0 aliphatic carbocycles. The Morgan fingerprint density at radius 1 is 1.11 bits per heavy atom. The van der Waals surface area contributed by atoms with E-state index in [2.05, 4.69) is 20.3 Å². The summed E-state index contributed by atoms with van der Waals surface area (Å²) in [5.41, 5.74) is 1.11. The highest BCUT2D eigenvalue weighted by Gasteiger charge is 2.43. The number of benzene rings is 1. The fraction of sp³-hybridized carbons (Fsp3) is 0.350. The topological polar surface area (TPSA) is 80.2 Å². The van der Waals surface area contributed by atoms with Gasteiger partial charge in [0.2, 0.25) is 5.88 Å². The summed E-state index contributed by atoms with van der Waals surface area (Å²) in [4.78, 5) is 12.7. The average molecular weight is 366 g/mol. The third kappa shape index (κ3) is 2.98. The molecule has 4 atom stereocenters. The van der Waals surface area contributed by atoms with Crippen LogP contribution in [0.1, 0.15) is 19.3 Å².